The molecule has 5 heteroatoms. The van der Waals surface area contributed by atoms with E-state index in [2.05, 4.69) is 11.4 Å². The van der Waals surface area contributed by atoms with Gasteiger partial charge in [-0.05, 0) is 37.0 Å². The molecule has 4 nitrogen and oxygen atoms in total. The van der Waals surface area contributed by atoms with Gasteiger partial charge in [0.05, 0.1) is 5.92 Å². The molecule has 0 aliphatic heterocycles. The van der Waals surface area contributed by atoms with E-state index in [1.165, 1.54) is 0 Å². The number of hydrogen-bond donors (Lipinski definition) is 1. The monoisotopic (exact) mass is 307 g/mol. The van der Waals surface area contributed by atoms with Gasteiger partial charge in [-0.2, -0.15) is 0 Å². The first-order valence-corrected chi connectivity index (χ1v) is 7.36. The number of rotatable bonds is 5. The lowest BCUT2D eigenvalue weighted by Crippen LogP contribution is -2.30. The fourth-order valence-corrected chi connectivity index (χ4v) is 2.24. The van der Waals surface area contributed by atoms with Gasteiger partial charge in [-0.15, -0.1) is 0 Å². The Bertz CT molecular complexity index is 525. The van der Waals surface area contributed by atoms with E-state index in [4.69, 9.17) is 16.3 Å². The maximum absolute atomic E-state index is 11.8. The highest BCUT2D eigenvalue weighted by atomic mass is 35.5. The van der Waals surface area contributed by atoms with Crippen LogP contribution in [0.5, 0.6) is 0 Å². The number of esters is 1. The molecule has 0 heterocycles. The lowest BCUT2D eigenvalue weighted by Gasteiger charge is -2.16. The van der Waals surface area contributed by atoms with Gasteiger partial charge in [0.2, 0.25) is 0 Å². The van der Waals surface area contributed by atoms with Crippen LogP contribution in [0.15, 0.2) is 36.4 Å². The van der Waals surface area contributed by atoms with Crippen molar-refractivity contribution in [3.8, 4) is 0 Å². The molecule has 1 N–H and O–H groups in total. The van der Waals surface area contributed by atoms with Crippen molar-refractivity contribution in [1.29, 1.82) is 0 Å². The van der Waals surface area contributed by atoms with Gasteiger partial charge in [-0.1, -0.05) is 35.9 Å². The quantitative estimate of drug-likeness (QED) is 0.672. The van der Waals surface area contributed by atoms with Crippen LogP contribution in [-0.2, 0) is 20.9 Å². The normalized spacial score (nSPS) is 17.3. The van der Waals surface area contributed by atoms with Gasteiger partial charge in [0.1, 0.15) is 0 Å². The number of carbonyl (C=O) groups excluding carboxylic acids is 2. The van der Waals surface area contributed by atoms with E-state index in [9.17, 15) is 9.59 Å². The van der Waals surface area contributed by atoms with Crippen molar-refractivity contribution < 1.29 is 14.3 Å². The fraction of sp³-hybridized carbons (Fsp3) is 0.375. The fourth-order valence-electron chi connectivity index (χ4n) is 2.12. The van der Waals surface area contributed by atoms with E-state index in [0.717, 1.165) is 18.4 Å². The van der Waals surface area contributed by atoms with Crippen LogP contribution in [0.25, 0.3) is 0 Å². The number of allylic oxidation sites excluding steroid dienone is 2. The smallest absolute Gasteiger partial charge is 0.309 e. The van der Waals surface area contributed by atoms with Crippen molar-refractivity contribution in [2.45, 2.75) is 25.8 Å². The predicted octanol–water partition coefficient (Wildman–Crippen LogP) is 2.86. The van der Waals surface area contributed by atoms with E-state index in [0.29, 0.717) is 18.0 Å². The summed E-state index contributed by atoms with van der Waals surface area (Å²) in [6, 6.07) is 7.20. The van der Waals surface area contributed by atoms with E-state index >= 15 is 0 Å². The van der Waals surface area contributed by atoms with Gasteiger partial charge < -0.3 is 10.1 Å². The summed E-state index contributed by atoms with van der Waals surface area (Å²) in [6.45, 7) is 0.159. The molecule has 0 aromatic heterocycles. The largest absolute Gasteiger partial charge is 0.455 e. The van der Waals surface area contributed by atoms with Crippen LogP contribution in [0, 0.1) is 5.92 Å². The number of halogens is 1. The molecule has 0 bridgehead atoms. The van der Waals surface area contributed by atoms with Crippen molar-refractivity contribution >= 4 is 23.5 Å². The Labute approximate surface area is 129 Å². The maximum atomic E-state index is 11.8. The molecule has 112 valence electrons. The SMILES string of the molecule is O=C(COC(=O)[C@@H]1CC=CCC1)NCc1ccc(Cl)cc1. The summed E-state index contributed by atoms with van der Waals surface area (Å²) in [5.41, 5.74) is 0.941. The summed E-state index contributed by atoms with van der Waals surface area (Å²) in [6.07, 6.45) is 6.42. The Morgan fingerprint density at radius 3 is 2.67 bits per heavy atom. The highest BCUT2D eigenvalue weighted by Crippen LogP contribution is 2.19. The van der Waals surface area contributed by atoms with Crippen LogP contribution in [0.4, 0.5) is 0 Å². The highest BCUT2D eigenvalue weighted by molar-refractivity contribution is 6.30. The van der Waals surface area contributed by atoms with Crippen LogP contribution in [0.1, 0.15) is 24.8 Å². The van der Waals surface area contributed by atoms with Gasteiger partial charge >= 0.3 is 5.97 Å². The van der Waals surface area contributed by atoms with E-state index in [1.807, 2.05) is 18.2 Å². The van der Waals surface area contributed by atoms with Crippen molar-refractivity contribution in [2.75, 3.05) is 6.61 Å². The lowest BCUT2D eigenvalue weighted by molar-refractivity contribution is -0.152. The Hall–Kier alpha value is -1.81. The third kappa shape index (κ3) is 5.23. The van der Waals surface area contributed by atoms with E-state index in [1.54, 1.807) is 12.1 Å². The summed E-state index contributed by atoms with van der Waals surface area (Å²) in [7, 11) is 0. The minimum Gasteiger partial charge on any atom is -0.455 e. The van der Waals surface area contributed by atoms with Crippen LogP contribution in [0.3, 0.4) is 0 Å². The third-order valence-corrected chi connectivity index (χ3v) is 3.60. The Morgan fingerprint density at radius 1 is 1.24 bits per heavy atom. The molecule has 0 radical (unpaired) electrons. The molecule has 1 aromatic rings. The maximum Gasteiger partial charge on any atom is 0.309 e. The third-order valence-electron chi connectivity index (χ3n) is 3.35. The van der Waals surface area contributed by atoms with Crippen LogP contribution in [0.2, 0.25) is 5.02 Å². The zero-order valence-electron chi connectivity index (χ0n) is 11.7. The molecular formula is C16H18ClNO3. The second-order valence-corrected chi connectivity index (χ2v) is 5.43. The van der Waals surface area contributed by atoms with Gasteiger partial charge in [0.15, 0.2) is 6.61 Å². The molecule has 1 aromatic carbocycles. The number of amides is 1. The van der Waals surface area contributed by atoms with Gasteiger partial charge in [0, 0.05) is 11.6 Å². The van der Waals surface area contributed by atoms with E-state index in [-0.39, 0.29) is 24.4 Å². The van der Waals surface area contributed by atoms with Crippen molar-refractivity contribution in [2.24, 2.45) is 5.92 Å². The second-order valence-electron chi connectivity index (χ2n) is 4.99. The summed E-state index contributed by atoms with van der Waals surface area (Å²) in [4.78, 5) is 23.4. The summed E-state index contributed by atoms with van der Waals surface area (Å²) >= 11 is 5.78. The Balaban J connectivity index is 1.68. The van der Waals surface area contributed by atoms with Gasteiger partial charge in [0.25, 0.3) is 5.91 Å². The van der Waals surface area contributed by atoms with Crippen LogP contribution >= 0.6 is 11.6 Å². The zero-order valence-corrected chi connectivity index (χ0v) is 12.4. The molecule has 1 aliphatic carbocycles. The number of nitrogens with one attached hydrogen (secondary N) is 1. The summed E-state index contributed by atoms with van der Waals surface area (Å²) in [5.74, 6) is -0.704. The summed E-state index contributed by atoms with van der Waals surface area (Å²) in [5, 5.41) is 3.36. The molecule has 0 saturated carbocycles. The first-order valence-electron chi connectivity index (χ1n) is 6.98. The molecule has 1 amide bonds. The van der Waals surface area contributed by atoms with Crippen molar-refractivity contribution in [3.05, 3.63) is 47.0 Å². The number of ether oxygens (including phenoxy) is 1. The predicted molar refractivity (Wildman–Crippen MR) is 80.7 cm³/mol. The number of benzene rings is 1. The minimum absolute atomic E-state index is 0.112. The number of hydrogen-bond acceptors (Lipinski definition) is 3. The van der Waals surface area contributed by atoms with Crippen molar-refractivity contribution in [3.63, 3.8) is 0 Å². The minimum atomic E-state index is -0.301. The molecule has 1 atom stereocenters. The second kappa shape index (κ2) is 7.84. The average Bonchev–Trinajstić information content (AvgIpc) is 2.53. The topological polar surface area (TPSA) is 55.4 Å². The lowest BCUT2D eigenvalue weighted by atomic mass is 9.95. The molecular weight excluding hydrogens is 290 g/mol. The van der Waals surface area contributed by atoms with Crippen LogP contribution in [-0.4, -0.2) is 18.5 Å². The van der Waals surface area contributed by atoms with E-state index < -0.39 is 0 Å². The Morgan fingerprint density at radius 2 is 2.00 bits per heavy atom. The van der Waals surface area contributed by atoms with Gasteiger partial charge in [-0.3, -0.25) is 9.59 Å². The molecule has 0 saturated heterocycles. The highest BCUT2D eigenvalue weighted by Gasteiger charge is 2.20. The number of carbonyl (C=O) groups is 2. The molecule has 0 fully saturated rings. The Kier molecular flexibility index (Phi) is 5.81. The van der Waals surface area contributed by atoms with Crippen molar-refractivity contribution in [1.82, 2.24) is 5.32 Å². The molecule has 1 aliphatic rings. The molecule has 0 spiro atoms. The standard InChI is InChI=1S/C16H18ClNO3/c17-14-8-6-12(7-9-14)10-18-15(19)11-21-16(20)13-4-2-1-3-5-13/h1-2,6-9,13H,3-5,10-11H2,(H,18,19)/t13-/m1/s1. The van der Waals surface area contributed by atoms with Gasteiger partial charge in [-0.25, -0.2) is 0 Å². The molecule has 0 unspecified atom stereocenters. The molecule has 21 heavy (non-hydrogen) atoms. The summed E-state index contributed by atoms with van der Waals surface area (Å²) < 4.78 is 5.04. The first kappa shape index (κ1) is 15.6. The zero-order chi connectivity index (χ0) is 15.1. The average molecular weight is 308 g/mol. The molecule has 2 rings (SSSR count). The first-order chi connectivity index (χ1) is 10.1. The van der Waals surface area contributed by atoms with Crippen LogP contribution < -0.4 is 5.32 Å².